The van der Waals surface area contributed by atoms with Crippen LogP contribution in [0.4, 0.5) is 0 Å². The van der Waals surface area contributed by atoms with E-state index < -0.39 is 0 Å². The SMILES string of the molecule is C=CCN1C[C@H]2CSC(NC(=O)c3ccccc3)N[C@@]2(c2cc(Br)cs2)C1. The van der Waals surface area contributed by atoms with E-state index in [0.29, 0.717) is 11.5 Å². The van der Waals surface area contributed by atoms with Gasteiger partial charge in [0.2, 0.25) is 0 Å². The maximum atomic E-state index is 12.6. The summed E-state index contributed by atoms with van der Waals surface area (Å²) >= 11 is 7.16. The van der Waals surface area contributed by atoms with Crippen LogP contribution in [0.25, 0.3) is 0 Å². The van der Waals surface area contributed by atoms with Gasteiger partial charge in [0.15, 0.2) is 0 Å². The summed E-state index contributed by atoms with van der Waals surface area (Å²) in [7, 11) is 0. The van der Waals surface area contributed by atoms with Crippen molar-refractivity contribution in [1.82, 2.24) is 15.5 Å². The van der Waals surface area contributed by atoms with Gasteiger partial charge in [-0.25, -0.2) is 0 Å². The number of thiophene rings is 1. The molecule has 3 heterocycles. The molecule has 3 atom stereocenters. The molecule has 4 rings (SSSR count). The quantitative estimate of drug-likeness (QED) is 0.660. The van der Waals surface area contributed by atoms with Gasteiger partial charge in [0.25, 0.3) is 5.91 Å². The third-order valence-corrected chi connectivity index (χ3v) is 8.23. The first-order valence-corrected chi connectivity index (χ1v) is 11.7. The van der Waals surface area contributed by atoms with Crippen LogP contribution in [0, 0.1) is 5.92 Å². The Hall–Kier alpha value is -1.12. The van der Waals surface area contributed by atoms with Crippen molar-refractivity contribution in [2.24, 2.45) is 5.92 Å². The van der Waals surface area contributed by atoms with Gasteiger partial charge in [-0.05, 0) is 34.1 Å². The van der Waals surface area contributed by atoms with E-state index in [1.54, 1.807) is 23.1 Å². The number of nitrogens with one attached hydrogen (secondary N) is 2. The number of hydrogen-bond donors (Lipinski definition) is 2. The maximum Gasteiger partial charge on any atom is 0.253 e. The van der Waals surface area contributed by atoms with E-state index in [0.717, 1.165) is 29.9 Å². The fraction of sp³-hybridized carbons (Fsp3) is 0.350. The van der Waals surface area contributed by atoms with Gasteiger partial charge in [-0.3, -0.25) is 15.0 Å². The minimum Gasteiger partial charge on any atom is -0.328 e. The number of nitrogens with zero attached hydrogens (tertiary/aromatic N) is 1. The molecule has 2 fully saturated rings. The zero-order valence-electron chi connectivity index (χ0n) is 14.9. The summed E-state index contributed by atoms with van der Waals surface area (Å²) < 4.78 is 1.11. The Morgan fingerprint density at radius 2 is 2.26 bits per heavy atom. The van der Waals surface area contributed by atoms with Crippen molar-refractivity contribution >= 4 is 44.9 Å². The molecule has 0 spiro atoms. The highest BCUT2D eigenvalue weighted by atomic mass is 79.9. The van der Waals surface area contributed by atoms with E-state index in [4.69, 9.17) is 0 Å². The number of thioether (sulfide) groups is 1. The van der Waals surface area contributed by atoms with E-state index in [1.165, 1.54) is 4.88 Å². The fourth-order valence-electron chi connectivity index (χ4n) is 3.95. The van der Waals surface area contributed by atoms with Crippen LogP contribution in [-0.4, -0.2) is 41.7 Å². The molecule has 0 saturated carbocycles. The molecule has 1 aromatic carbocycles. The summed E-state index contributed by atoms with van der Waals surface area (Å²) in [6.45, 7) is 6.75. The summed E-state index contributed by atoms with van der Waals surface area (Å²) in [5, 5.41) is 9.09. The lowest BCUT2D eigenvalue weighted by Crippen LogP contribution is -2.60. The molecule has 1 amide bonds. The molecule has 1 aromatic heterocycles. The van der Waals surface area contributed by atoms with E-state index in [-0.39, 0.29) is 16.9 Å². The van der Waals surface area contributed by atoms with Gasteiger partial charge in [-0.1, -0.05) is 24.3 Å². The van der Waals surface area contributed by atoms with Gasteiger partial charge in [0.1, 0.15) is 5.50 Å². The van der Waals surface area contributed by atoms with Crippen molar-refractivity contribution in [2.75, 3.05) is 25.4 Å². The van der Waals surface area contributed by atoms with E-state index in [2.05, 4.69) is 49.5 Å². The Bertz CT molecular complexity index is 828. The van der Waals surface area contributed by atoms with E-state index in [1.807, 2.05) is 36.4 Å². The molecule has 7 heteroatoms. The van der Waals surface area contributed by atoms with Crippen molar-refractivity contribution in [2.45, 2.75) is 11.0 Å². The maximum absolute atomic E-state index is 12.6. The van der Waals surface area contributed by atoms with Crippen molar-refractivity contribution in [1.29, 1.82) is 0 Å². The lowest BCUT2D eigenvalue weighted by molar-refractivity contribution is 0.0933. The predicted octanol–water partition coefficient (Wildman–Crippen LogP) is 3.87. The Morgan fingerprint density at radius 1 is 1.44 bits per heavy atom. The summed E-state index contributed by atoms with van der Waals surface area (Å²) in [6.07, 6.45) is 1.97. The normalized spacial score (nSPS) is 27.9. The third kappa shape index (κ3) is 3.89. The summed E-state index contributed by atoms with van der Waals surface area (Å²) in [5.74, 6) is 1.47. The van der Waals surface area contributed by atoms with Crippen LogP contribution in [0.1, 0.15) is 15.2 Å². The van der Waals surface area contributed by atoms with Gasteiger partial charge >= 0.3 is 0 Å². The molecule has 4 nitrogen and oxygen atoms in total. The first kappa shape index (κ1) is 19.2. The van der Waals surface area contributed by atoms with Crippen molar-refractivity contribution in [3.63, 3.8) is 0 Å². The molecule has 0 radical (unpaired) electrons. The molecule has 2 aromatic rings. The van der Waals surface area contributed by atoms with Gasteiger partial charge in [-0.15, -0.1) is 29.7 Å². The van der Waals surface area contributed by atoms with Crippen LogP contribution in [0.5, 0.6) is 0 Å². The number of halogens is 1. The molecule has 0 bridgehead atoms. The molecule has 2 aliphatic rings. The van der Waals surface area contributed by atoms with Crippen LogP contribution in [0.15, 0.2) is 58.9 Å². The van der Waals surface area contributed by atoms with Crippen molar-refractivity contribution in [3.8, 4) is 0 Å². The molecular weight excluding hydrogens is 442 g/mol. The average Bonchev–Trinajstić information content (AvgIpc) is 3.26. The Morgan fingerprint density at radius 3 is 2.96 bits per heavy atom. The van der Waals surface area contributed by atoms with Crippen LogP contribution in [0.3, 0.4) is 0 Å². The largest absolute Gasteiger partial charge is 0.328 e. The zero-order chi connectivity index (χ0) is 18.9. The number of rotatable bonds is 5. The van der Waals surface area contributed by atoms with Crippen molar-refractivity contribution < 1.29 is 4.79 Å². The molecule has 1 unspecified atom stereocenters. The molecule has 142 valence electrons. The number of benzene rings is 1. The van der Waals surface area contributed by atoms with Crippen molar-refractivity contribution in [3.05, 3.63) is 69.3 Å². The summed E-state index contributed by atoms with van der Waals surface area (Å²) in [4.78, 5) is 16.4. The summed E-state index contributed by atoms with van der Waals surface area (Å²) in [5.41, 5.74) is 0.438. The fourth-order valence-corrected chi connectivity index (χ4v) is 6.91. The first-order chi connectivity index (χ1) is 13.1. The predicted molar refractivity (Wildman–Crippen MR) is 117 cm³/mol. The second-order valence-electron chi connectivity index (χ2n) is 6.98. The molecule has 27 heavy (non-hydrogen) atoms. The molecule has 2 saturated heterocycles. The first-order valence-electron chi connectivity index (χ1n) is 8.94. The number of likely N-dealkylation sites (tertiary alicyclic amines) is 1. The Kier molecular flexibility index (Phi) is 5.75. The van der Waals surface area contributed by atoms with Gasteiger partial charge in [0.05, 0.1) is 5.54 Å². The molecular formula is C20H22BrN3OS2. The minimum atomic E-state index is -0.139. The van der Waals surface area contributed by atoms with E-state index in [9.17, 15) is 4.79 Å². The van der Waals surface area contributed by atoms with Gasteiger partial charge < -0.3 is 5.32 Å². The smallest absolute Gasteiger partial charge is 0.253 e. The third-order valence-electron chi connectivity index (χ3n) is 5.19. The van der Waals surface area contributed by atoms with Crippen LogP contribution < -0.4 is 10.6 Å². The second-order valence-corrected chi connectivity index (χ2v) is 9.94. The van der Waals surface area contributed by atoms with E-state index >= 15 is 0 Å². The number of carbonyl (C=O) groups excluding carboxylic acids is 1. The minimum absolute atomic E-state index is 0.0393. The molecule has 0 aliphatic carbocycles. The number of amides is 1. The van der Waals surface area contributed by atoms with Crippen LogP contribution in [0.2, 0.25) is 0 Å². The van der Waals surface area contributed by atoms with Gasteiger partial charge in [0, 0.05) is 51.6 Å². The van der Waals surface area contributed by atoms with Gasteiger partial charge in [-0.2, -0.15) is 0 Å². The van der Waals surface area contributed by atoms with Crippen LogP contribution in [-0.2, 0) is 5.54 Å². The lowest BCUT2D eigenvalue weighted by atomic mass is 9.86. The molecule has 2 aliphatic heterocycles. The standard InChI is InChI=1S/C20H22BrN3OS2/c1-2-8-24-10-15-11-27-19(22-18(25)14-6-4-3-5-7-14)23-20(15,13-24)17-9-16(21)12-26-17/h2-7,9,12,15,19,23H,1,8,10-11,13H2,(H,22,25)/t15-,19?,20-/m0/s1. The Labute approximate surface area is 176 Å². The number of carbonyl (C=O) groups is 1. The second kappa shape index (κ2) is 8.09. The number of fused-ring (bicyclic) bond motifs is 1. The topological polar surface area (TPSA) is 44.4 Å². The highest BCUT2D eigenvalue weighted by Gasteiger charge is 2.52. The zero-order valence-corrected chi connectivity index (χ0v) is 18.1. The average molecular weight is 464 g/mol. The Balaban J connectivity index is 1.56. The highest BCUT2D eigenvalue weighted by Crippen LogP contribution is 2.45. The lowest BCUT2D eigenvalue weighted by Gasteiger charge is -2.43. The molecule has 2 N–H and O–H groups in total. The highest BCUT2D eigenvalue weighted by molar-refractivity contribution is 9.10. The van der Waals surface area contributed by atoms with Crippen LogP contribution >= 0.6 is 39.0 Å². The number of hydrogen-bond acceptors (Lipinski definition) is 5. The monoisotopic (exact) mass is 463 g/mol. The summed E-state index contributed by atoms with van der Waals surface area (Å²) in [6, 6.07) is 11.6.